The lowest BCUT2D eigenvalue weighted by Crippen LogP contribution is -2.13. The summed E-state index contributed by atoms with van der Waals surface area (Å²) in [6.45, 7) is 3.12. The highest BCUT2D eigenvalue weighted by atomic mass is 79.9. The van der Waals surface area contributed by atoms with Gasteiger partial charge in [0.2, 0.25) is 0 Å². The Hall–Kier alpha value is -1.71. The Balaban J connectivity index is 2.71. The van der Waals surface area contributed by atoms with Crippen LogP contribution in [0.25, 0.3) is 11.1 Å². The van der Waals surface area contributed by atoms with Crippen LogP contribution in [0.4, 0.5) is 0 Å². The Morgan fingerprint density at radius 3 is 2.37 bits per heavy atom. The number of nitrogens with one attached hydrogen (secondary N) is 2. The number of aliphatic hydroxyl groups is 3. The average molecular weight is 441 g/mol. The molecule has 0 spiro atoms. The second kappa shape index (κ2) is 9.48. The lowest BCUT2D eigenvalue weighted by Gasteiger charge is -2.16. The summed E-state index contributed by atoms with van der Waals surface area (Å²) in [4.78, 5) is 15.5. The highest BCUT2D eigenvalue weighted by molar-refractivity contribution is 9.10. The fraction of sp³-hybridized carbons (Fsp3) is 0.421. The van der Waals surface area contributed by atoms with Gasteiger partial charge < -0.3 is 30.4 Å². The second-order valence-electron chi connectivity index (χ2n) is 6.36. The number of ether oxygens (including phenoxy) is 1. The van der Waals surface area contributed by atoms with Crippen LogP contribution in [0.1, 0.15) is 46.7 Å². The van der Waals surface area contributed by atoms with Crippen molar-refractivity contribution in [2.45, 2.75) is 46.3 Å². The molecule has 27 heavy (non-hydrogen) atoms. The first-order valence-corrected chi connectivity index (χ1v) is 9.41. The van der Waals surface area contributed by atoms with E-state index in [1.54, 1.807) is 33.0 Å². The van der Waals surface area contributed by atoms with E-state index in [9.17, 15) is 20.1 Å². The predicted molar refractivity (Wildman–Crippen MR) is 105 cm³/mol. The summed E-state index contributed by atoms with van der Waals surface area (Å²) in [5.74, 6) is -0.486. The molecular formula is C19H25BrN2O5. The number of aromatic amines is 1. The number of carbonyl (C=O) groups is 1. The molecule has 2 aromatic rings. The molecule has 0 amide bonds. The summed E-state index contributed by atoms with van der Waals surface area (Å²) < 4.78 is 5.82. The standard InChI is InChI=1S/C19H25BrN2O5/c1-10(2)27-19(26)18-17(20)16(15(22-18)6-21-3)12-5-4-11(7-23)13(8-24)14(12)9-25/h4-5,10,21-25H,6-9H2,1-3H3. The number of rotatable bonds is 8. The van der Waals surface area contributed by atoms with Crippen molar-refractivity contribution in [1.29, 1.82) is 0 Å². The summed E-state index contributed by atoms with van der Waals surface area (Å²) in [7, 11) is 1.78. The number of H-pyrrole nitrogens is 1. The number of carbonyl (C=O) groups excluding carboxylic acids is 1. The van der Waals surface area contributed by atoms with Gasteiger partial charge in [0.25, 0.3) is 0 Å². The van der Waals surface area contributed by atoms with Gasteiger partial charge in [0, 0.05) is 17.8 Å². The number of hydrogen-bond acceptors (Lipinski definition) is 6. The van der Waals surface area contributed by atoms with Crippen LogP contribution in [0.15, 0.2) is 16.6 Å². The molecule has 1 aromatic carbocycles. The highest BCUT2D eigenvalue weighted by Gasteiger charge is 2.25. The number of halogens is 1. The number of aliphatic hydroxyl groups excluding tert-OH is 3. The molecule has 0 aliphatic heterocycles. The van der Waals surface area contributed by atoms with Gasteiger partial charge in [0.15, 0.2) is 0 Å². The molecule has 0 saturated heterocycles. The van der Waals surface area contributed by atoms with Crippen molar-refractivity contribution in [3.8, 4) is 11.1 Å². The molecule has 0 fully saturated rings. The van der Waals surface area contributed by atoms with Gasteiger partial charge in [-0.25, -0.2) is 4.79 Å². The minimum absolute atomic E-state index is 0.243. The Morgan fingerprint density at radius 2 is 1.85 bits per heavy atom. The summed E-state index contributed by atoms with van der Waals surface area (Å²) in [5.41, 5.74) is 3.91. The zero-order chi connectivity index (χ0) is 20.1. The fourth-order valence-corrected chi connectivity index (χ4v) is 3.74. The van der Waals surface area contributed by atoms with Gasteiger partial charge in [0.1, 0.15) is 5.69 Å². The monoisotopic (exact) mass is 440 g/mol. The van der Waals surface area contributed by atoms with Crippen molar-refractivity contribution in [2.75, 3.05) is 7.05 Å². The third-order valence-electron chi connectivity index (χ3n) is 4.20. The molecule has 0 aliphatic rings. The summed E-state index contributed by atoms with van der Waals surface area (Å²) in [6.07, 6.45) is -0.262. The summed E-state index contributed by atoms with van der Waals surface area (Å²) >= 11 is 3.49. The molecule has 0 radical (unpaired) electrons. The maximum Gasteiger partial charge on any atom is 0.356 e. The third kappa shape index (κ3) is 4.41. The van der Waals surface area contributed by atoms with Gasteiger partial charge in [-0.15, -0.1) is 0 Å². The van der Waals surface area contributed by atoms with Crippen molar-refractivity contribution < 1.29 is 24.9 Å². The summed E-state index contributed by atoms with van der Waals surface area (Å²) in [6, 6.07) is 3.47. The molecule has 8 heteroatoms. The number of esters is 1. The van der Waals surface area contributed by atoms with Gasteiger partial charge in [-0.1, -0.05) is 12.1 Å². The molecule has 2 rings (SSSR count). The first-order valence-electron chi connectivity index (χ1n) is 8.61. The Morgan fingerprint density at radius 1 is 1.19 bits per heavy atom. The molecule has 1 heterocycles. The van der Waals surface area contributed by atoms with Crippen LogP contribution in [0.5, 0.6) is 0 Å². The van der Waals surface area contributed by atoms with E-state index >= 15 is 0 Å². The van der Waals surface area contributed by atoms with Crippen LogP contribution in [0.2, 0.25) is 0 Å². The fourth-order valence-electron chi connectivity index (χ4n) is 3.03. The van der Waals surface area contributed by atoms with Crippen LogP contribution in [0.3, 0.4) is 0 Å². The van der Waals surface area contributed by atoms with E-state index in [2.05, 4.69) is 26.2 Å². The lowest BCUT2D eigenvalue weighted by molar-refractivity contribution is 0.0370. The quantitative estimate of drug-likeness (QED) is 0.402. The van der Waals surface area contributed by atoms with Crippen LogP contribution in [0, 0.1) is 0 Å². The predicted octanol–water partition coefficient (Wildman–Crippen LogP) is 2.21. The number of benzene rings is 1. The number of hydrogen-bond donors (Lipinski definition) is 5. The Kier molecular flexibility index (Phi) is 7.58. The lowest BCUT2D eigenvalue weighted by atomic mass is 9.92. The first-order chi connectivity index (χ1) is 12.9. The first kappa shape index (κ1) is 21.6. The zero-order valence-electron chi connectivity index (χ0n) is 15.6. The molecule has 0 atom stereocenters. The van der Waals surface area contributed by atoms with Crippen LogP contribution in [-0.4, -0.2) is 39.4 Å². The SMILES string of the molecule is CNCc1[nH]c(C(=O)OC(C)C)c(Br)c1-c1ccc(CO)c(CO)c1CO. The van der Waals surface area contributed by atoms with Crippen molar-refractivity contribution in [1.82, 2.24) is 10.3 Å². The van der Waals surface area contributed by atoms with Crippen LogP contribution < -0.4 is 5.32 Å². The maximum atomic E-state index is 12.4. The Bertz CT molecular complexity index is 817. The third-order valence-corrected chi connectivity index (χ3v) is 4.99. The number of aromatic nitrogens is 1. The molecule has 0 aliphatic carbocycles. The maximum absolute atomic E-state index is 12.4. The largest absolute Gasteiger partial charge is 0.458 e. The minimum Gasteiger partial charge on any atom is -0.458 e. The zero-order valence-corrected chi connectivity index (χ0v) is 17.2. The molecule has 1 aromatic heterocycles. The molecule has 5 N–H and O–H groups in total. The van der Waals surface area contributed by atoms with E-state index in [0.717, 1.165) is 5.69 Å². The van der Waals surface area contributed by atoms with Gasteiger partial charge in [-0.3, -0.25) is 0 Å². The molecule has 0 unspecified atom stereocenters. The van der Waals surface area contributed by atoms with Crippen molar-refractivity contribution in [2.24, 2.45) is 0 Å². The Labute approximate surface area is 166 Å². The summed E-state index contributed by atoms with van der Waals surface area (Å²) in [5, 5.41) is 32.2. The molecule has 148 valence electrons. The molecule has 0 bridgehead atoms. The average Bonchev–Trinajstić information content (AvgIpc) is 2.96. The van der Waals surface area contributed by atoms with E-state index in [4.69, 9.17) is 4.74 Å². The molecule has 0 saturated carbocycles. The van der Waals surface area contributed by atoms with Crippen molar-refractivity contribution in [3.05, 3.63) is 44.7 Å². The minimum atomic E-state index is -0.486. The van der Waals surface area contributed by atoms with Gasteiger partial charge in [-0.05, 0) is 59.1 Å². The van der Waals surface area contributed by atoms with E-state index in [0.29, 0.717) is 38.8 Å². The van der Waals surface area contributed by atoms with E-state index in [-0.39, 0.29) is 31.6 Å². The van der Waals surface area contributed by atoms with Crippen molar-refractivity contribution in [3.63, 3.8) is 0 Å². The van der Waals surface area contributed by atoms with E-state index in [1.807, 2.05) is 0 Å². The second-order valence-corrected chi connectivity index (χ2v) is 7.15. The highest BCUT2D eigenvalue weighted by Crippen LogP contribution is 2.39. The molecular weight excluding hydrogens is 416 g/mol. The van der Waals surface area contributed by atoms with Crippen molar-refractivity contribution >= 4 is 21.9 Å². The topological polar surface area (TPSA) is 115 Å². The normalized spacial score (nSPS) is 11.3. The van der Waals surface area contributed by atoms with Gasteiger partial charge >= 0.3 is 5.97 Å². The van der Waals surface area contributed by atoms with Crippen LogP contribution in [-0.2, 0) is 31.1 Å². The van der Waals surface area contributed by atoms with Gasteiger partial charge in [0.05, 0.1) is 30.4 Å². The van der Waals surface area contributed by atoms with E-state index in [1.165, 1.54) is 0 Å². The van der Waals surface area contributed by atoms with Gasteiger partial charge in [-0.2, -0.15) is 0 Å². The molecule has 7 nitrogen and oxygen atoms in total. The smallest absolute Gasteiger partial charge is 0.356 e. The van der Waals surface area contributed by atoms with Crippen LogP contribution >= 0.6 is 15.9 Å². The van der Waals surface area contributed by atoms with E-state index < -0.39 is 5.97 Å².